The van der Waals surface area contributed by atoms with Crippen molar-refractivity contribution < 1.29 is 14.0 Å². The molecule has 1 N–H and O–H groups in total. The lowest BCUT2D eigenvalue weighted by Crippen LogP contribution is -2.45. The minimum atomic E-state index is -2.30. The van der Waals surface area contributed by atoms with E-state index in [1.807, 2.05) is 0 Å². The van der Waals surface area contributed by atoms with Crippen LogP contribution in [-0.2, 0) is 10.5 Å². The van der Waals surface area contributed by atoms with E-state index in [1.54, 1.807) is 25.1 Å². The number of rotatable bonds is 3. The number of carbonyl (C=O) groups is 2. The number of nitrogens with one attached hydrogen (secondary N) is 1. The predicted octanol–water partition coefficient (Wildman–Crippen LogP) is 4.41. The summed E-state index contributed by atoms with van der Waals surface area (Å²) in [5.41, 5.74) is -1.65. The number of hydrogen-bond acceptors (Lipinski definition) is 3. The summed E-state index contributed by atoms with van der Waals surface area (Å²) < 4.78 is 15.5. The number of amides is 1. The molecule has 1 unspecified atom stereocenters. The van der Waals surface area contributed by atoms with Crippen LogP contribution in [0.4, 0.5) is 4.39 Å². The second kappa shape index (κ2) is 6.73. The Kier molecular flexibility index (Phi) is 4.80. The summed E-state index contributed by atoms with van der Waals surface area (Å²) in [5.74, 6) is -1.07. The van der Waals surface area contributed by atoms with Crippen LogP contribution in [0.15, 0.2) is 36.5 Å². The lowest BCUT2D eigenvalue weighted by molar-refractivity contribution is -0.135. The second-order valence-electron chi connectivity index (χ2n) is 5.98. The fourth-order valence-corrected chi connectivity index (χ4v) is 3.54. The predicted molar refractivity (Wildman–Crippen MR) is 93.6 cm³/mol. The zero-order valence-electron chi connectivity index (χ0n) is 13.4. The van der Waals surface area contributed by atoms with Gasteiger partial charge in [0.15, 0.2) is 5.78 Å². The van der Waals surface area contributed by atoms with E-state index < -0.39 is 17.6 Å². The van der Waals surface area contributed by atoms with Crippen LogP contribution in [0.25, 0.3) is 0 Å². The summed E-state index contributed by atoms with van der Waals surface area (Å²) >= 11 is 12.0. The second-order valence-corrected chi connectivity index (χ2v) is 6.83. The number of aromatic nitrogens is 1. The number of benzene rings is 1. The fourth-order valence-electron chi connectivity index (χ4n) is 2.96. The molecule has 0 radical (unpaired) electrons. The van der Waals surface area contributed by atoms with E-state index in [0.29, 0.717) is 15.6 Å². The van der Waals surface area contributed by atoms with Crippen molar-refractivity contribution in [2.24, 2.45) is 0 Å². The third-order valence-electron chi connectivity index (χ3n) is 4.33. The highest BCUT2D eigenvalue weighted by molar-refractivity contribution is 6.35. The SMILES string of the molecule is C[C@@H](NC(=O)C1(F)CCC(=O)c2ncccc21)c1ccc(Cl)cc1Cl. The van der Waals surface area contributed by atoms with Crippen molar-refractivity contribution in [2.45, 2.75) is 31.5 Å². The van der Waals surface area contributed by atoms with Gasteiger partial charge < -0.3 is 5.32 Å². The highest BCUT2D eigenvalue weighted by Crippen LogP contribution is 2.39. The van der Waals surface area contributed by atoms with Crippen molar-refractivity contribution in [3.63, 3.8) is 0 Å². The van der Waals surface area contributed by atoms with Crippen molar-refractivity contribution in [1.29, 1.82) is 0 Å². The lowest BCUT2D eigenvalue weighted by Gasteiger charge is -2.30. The number of ketones is 1. The topological polar surface area (TPSA) is 59.1 Å². The van der Waals surface area contributed by atoms with E-state index >= 15 is 4.39 Å². The molecule has 0 saturated heterocycles. The molecule has 1 heterocycles. The molecule has 2 atom stereocenters. The molecule has 2 aromatic rings. The summed E-state index contributed by atoms with van der Waals surface area (Å²) in [6, 6.07) is 7.31. The van der Waals surface area contributed by atoms with E-state index in [2.05, 4.69) is 10.3 Å². The highest BCUT2D eigenvalue weighted by Gasteiger charge is 2.47. The van der Waals surface area contributed by atoms with E-state index in [9.17, 15) is 9.59 Å². The van der Waals surface area contributed by atoms with Gasteiger partial charge in [-0.3, -0.25) is 14.6 Å². The summed E-state index contributed by atoms with van der Waals surface area (Å²) in [4.78, 5) is 28.5. The van der Waals surface area contributed by atoms with Crippen LogP contribution in [0.1, 0.15) is 47.4 Å². The first-order chi connectivity index (χ1) is 11.8. The molecular weight excluding hydrogens is 366 g/mol. The first-order valence-corrected chi connectivity index (χ1v) is 8.52. The summed E-state index contributed by atoms with van der Waals surface area (Å²) in [6.07, 6.45) is 1.14. The fraction of sp³-hybridized carbons (Fsp3) is 0.278. The first-order valence-electron chi connectivity index (χ1n) is 7.76. The normalized spacial score (nSPS) is 20.7. The third-order valence-corrected chi connectivity index (χ3v) is 4.89. The first kappa shape index (κ1) is 17.8. The van der Waals surface area contributed by atoms with Gasteiger partial charge in [0.25, 0.3) is 5.91 Å². The standard InChI is InChI=1S/C18H15Cl2FN2O2/c1-10(12-5-4-11(19)9-14(12)20)23-17(25)18(21)7-6-15(24)16-13(18)3-2-8-22-16/h2-5,8-10H,6-7H2,1H3,(H,23,25)/t10-,18?/m1/s1. The molecule has 130 valence electrons. The zero-order chi connectivity index (χ0) is 18.2. The number of alkyl halides is 1. The minimum Gasteiger partial charge on any atom is -0.346 e. The third kappa shape index (κ3) is 3.26. The van der Waals surface area contributed by atoms with Gasteiger partial charge in [-0.15, -0.1) is 0 Å². The van der Waals surface area contributed by atoms with E-state index in [1.165, 1.54) is 18.3 Å². The van der Waals surface area contributed by atoms with E-state index in [0.717, 1.165) is 0 Å². The molecule has 0 aliphatic heterocycles. The number of halogens is 3. The monoisotopic (exact) mass is 380 g/mol. The Morgan fingerprint density at radius 1 is 1.36 bits per heavy atom. The van der Waals surface area contributed by atoms with Crippen molar-refractivity contribution in [3.8, 4) is 0 Å². The Morgan fingerprint density at radius 3 is 2.84 bits per heavy atom. The average Bonchev–Trinajstić information content (AvgIpc) is 2.58. The van der Waals surface area contributed by atoms with Gasteiger partial charge >= 0.3 is 0 Å². The Hall–Kier alpha value is -1.98. The number of carbonyl (C=O) groups excluding carboxylic acids is 2. The maximum absolute atomic E-state index is 15.5. The molecule has 1 aliphatic rings. The molecule has 1 aliphatic carbocycles. The van der Waals surface area contributed by atoms with E-state index in [4.69, 9.17) is 23.2 Å². The van der Waals surface area contributed by atoms with Crippen molar-refractivity contribution in [3.05, 3.63) is 63.4 Å². The lowest BCUT2D eigenvalue weighted by atomic mass is 9.81. The smallest absolute Gasteiger partial charge is 0.262 e. The van der Waals surface area contributed by atoms with Gasteiger partial charge in [0, 0.05) is 34.6 Å². The molecule has 4 nitrogen and oxygen atoms in total. The van der Waals surface area contributed by atoms with E-state index in [-0.39, 0.29) is 29.9 Å². The van der Waals surface area contributed by atoms with Crippen LogP contribution in [0.3, 0.4) is 0 Å². The maximum atomic E-state index is 15.5. The number of Topliss-reactive ketones (excluding diaryl/α,β-unsaturated/α-hetero) is 1. The quantitative estimate of drug-likeness (QED) is 0.857. The Bertz CT molecular complexity index is 859. The number of fused-ring (bicyclic) bond motifs is 1. The van der Waals surface area contributed by atoms with Crippen LogP contribution in [0, 0.1) is 0 Å². The van der Waals surface area contributed by atoms with Crippen LogP contribution in [0.5, 0.6) is 0 Å². The van der Waals surface area contributed by atoms with Gasteiger partial charge in [-0.05, 0) is 30.7 Å². The van der Waals surface area contributed by atoms with Gasteiger partial charge in [0.1, 0.15) is 5.69 Å². The Morgan fingerprint density at radius 2 is 2.12 bits per heavy atom. The highest BCUT2D eigenvalue weighted by atomic mass is 35.5. The number of hydrogen-bond donors (Lipinski definition) is 1. The van der Waals surface area contributed by atoms with Gasteiger partial charge in [-0.2, -0.15) is 0 Å². The van der Waals surface area contributed by atoms with Crippen LogP contribution in [0.2, 0.25) is 10.0 Å². The summed E-state index contributed by atoms with van der Waals surface area (Å²) in [7, 11) is 0. The molecule has 0 bridgehead atoms. The average molecular weight is 381 g/mol. The van der Waals surface area contributed by atoms with Crippen LogP contribution >= 0.6 is 23.2 Å². The van der Waals surface area contributed by atoms with Crippen LogP contribution < -0.4 is 5.32 Å². The van der Waals surface area contributed by atoms with Gasteiger partial charge in [0.05, 0.1) is 6.04 Å². The van der Waals surface area contributed by atoms with Gasteiger partial charge in [0.2, 0.25) is 5.67 Å². The Balaban J connectivity index is 1.88. The van der Waals surface area contributed by atoms with Crippen molar-refractivity contribution in [2.75, 3.05) is 0 Å². The molecule has 1 aromatic carbocycles. The maximum Gasteiger partial charge on any atom is 0.262 e. The van der Waals surface area contributed by atoms with Crippen molar-refractivity contribution >= 4 is 34.9 Å². The molecule has 0 spiro atoms. The molecular formula is C18H15Cl2FN2O2. The van der Waals surface area contributed by atoms with Crippen LogP contribution in [-0.4, -0.2) is 16.7 Å². The Labute approximate surface area is 154 Å². The molecule has 0 saturated carbocycles. The summed E-state index contributed by atoms with van der Waals surface area (Å²) in [6.45, 7) is 1.70. The van der Waals surface area contributed by atoms with Gasteiger partial charge in [-0.25, -0.2) is 4.39 Å². The van der Waals surface area contributed by atoms with Gasteiger partial charge in [-0.1, -0.05) is 35.3 Å². The zero-order valence-corrected chi connectivity index (χ0v) is 14.9. The molecule has 1 amide bonds. The minimum absolute atomic E-state index is 0.0122. The van der Waals surface area contributed by atoms with Crippen molar-refractivity contribution in [1.82, 2.24) is 10.3 Å². The molecule has 0 fully saturated rings. The largest absolute Gasteiger partial charge is 0.346 e. The number of nitrogens with zero attached hydrogens (tertiary/aromatic N) is 1. The molecule has 1 aromatic heterocycles. The number of pyridine rings is 1. The molecule has 7 heteroatoms. The summed E-state index contributed by atoms with van der Waals surface area (Å²) in [5, 5.41) is 3.50. The molecule has 25 heavy (non-hydrogen) atoms. The molecule has 3 rings (SSSR count).